The van der Waals surface area contributed by atoms with Crippen LogP contribution in [0.25, 0.3) is 0 Å². The average Bonchev–Trinajstić information content (AvgIpc) is 2.20. The van der Waals surface area contributed by atoms with E-state index in [9.17, 15) is 4.79 Å². The second-order valence-electron chi connectivity index (χ2n) is 3.09. The van der Waals surface area contributed by atoms with Gasteiger partial charge in [-0.05, 0) is 31.5 Å². The fourth-order valence-electron chi connectivity index (χ4n) is 1.07. The van der Waals surface area contributed by atoms with Gasteiger partial charge in [0.1, 0.15) is 5.75 Å². The highest BCUT2D eigenvalue weighted by Crippen LogP contribution is 2.25. The molecule has 0 amide bonds. The second kappa shape index (κ2) is 5.99. The highest BCUT2D eigenvalue weighted by Gasteiger charge is 2.05. The van der Waals surface area contributed by atoms with E-state index in [4.69, 9.17) is 27.9 Å². The lowest BCUT2D eigenvalue weighted by molar-refractivity contribution is 0.101. The number of carbonyl (C=O) groups is 1. The molecule has 0 aliphatic carbocycles. The quantitative estimate of drug-likeness (QED) is 0.452. The number of hydrogen-bond acceptors (Lipinski definition) is 2. The molecule has 4 heteroatoms. The first kappa shape index (κ1) is 12.3. The van der Waals surface area contributed by atoms with Crippen molar-refractivity contribution in [1.82, 2.24) is 0 Å². The van der Waals surface area contributed by atoms with Crippen molar-refractivity contribution in [3.8, 4) is 5.75 Å². The molecule has 0 aliphatic heterocycles. The zero-order chi connectivity index (χ0) is 11.3. The molecule has 0 aromatic heterocycles. The largest absolute Gasteiger partial charge is 0.492 e. The van der Waals surface area contributed by atoms with Gasteiger partial charge >= 0.3 is 0 Å². The molecule has 15 heavy (non-hydrogen) atoms. The average molecular weight is 247 g/mol. The molecule has 82 valence electrons. The van der Waals surface area contributed by atoms with E-state index >= 15 is 0 Å². The summed E-state index contributed by atoms with van der Waals surface area (Å²) in [4.78, 5) is 11.1. The monoisotopic (exact) mass is 246 g/mol. The third kappa shape index (κ3) is 3.73. The van der Waals surface area contributed by atoms with E-state index in [0.29, 0.717) is 28.8 Å². The molecule has 1 aromatic rings. The van der Waals surface area contributed by atoms with Crippen molar-refractivity contribution in [1.29, 1.82) is 0 Å². The van der Waals surface area contributed by atoms with E-state index in [2.05, 4.69) is 0 Å². The van der Waals surface area contributed by atoms with E-state index in [0.717, 1.165) is 6.42 Å². The maximum atomic E-state index is 11.1. The Kier molecular flexibility index (Phi) is 4.92. The molecular weight excluding hydrogens is 235 g/mol. The summed E-state index contributed by atoms with van der Waals surface area (Å²) in [7, 11) is 0. The summed E-state index contributed by atoms with van der Waals surface area (Å²) in [6.07, 6.45) is 0.770. The topological polar surface area (TPSA) is 26.3 Å². The maximum Gasteiger partial charge on any atom is 0.159 e. The van der Waals surface area contributed by atoms with Crippen LogP contribution in [0.15, 0.2) is 18.2 Å². The lowest BCUT2D eigenvalue weighted by Gasteiger charge is -2.07. The summed E-state index contributed by atoms with van der Waals surface area (Å²) in [6, 6.07) is 5.01. The summed E-state index contributed by atoms with van der Waals surface area (Å²) in [5, 5.41) is 0.456. The Morgan fingerprint density at radius 1 is 1.47 bits per heavy atom. The van der Waals surface area contributed by atoms with E-state index in [1.54, 1.807) is 18.2 Å². The Labute approximate surface area is 99.1 Å². The molecule has 0 bridgehead atoms. The number of benzene rings is 1. The number of carbonyl (C=O) groups excluding carboxylic acids is 1. The summed E-state index contributed by atoms with van der Waals surface area (Å²) >= 11 is 11.5. The first-order chi connectivity index (χ1) is 7.15. The molecule has 0 saturated heterocycles. The van der Waals surface area contributed by atoms with Crippen LogP contribution < -0.4 is 4.74 Å². The van der Waals surface area contributed by atoms with Crippen molar-refractivity contribution in [2.75, 3.05) is 12.5 Å². The number of rotatable bonds is 5. The zero-order valence-electron chi connectivity index (χ0n) is 8.43. The van der Waals surface area contributed by atoms with Crippen LogP contribution in [0.4, 0.5) is 0 Å². The Bertz CT molecular complexity index is 350. The van der Waals surface area contributed by atoms with E-state index in [1.807, 2.05) is 0 Å². The molecule has 0 radical (unpaired) electrons. The van der Waals surface area contributed by atoms with Crippen LogP contribution in [0.3, 0.4) is 0 Å². The van der Waals surface area contributed by atoms with Crippen LogP contribution in [0.2, 0.25) is 5.02 Å². The van der Waals surface area contributed by atoms with Gasteiger partial charge in [-0.3, -0.25) is 4.79 Å². The van der Waals surface area contributed by atoms with Gasteiger partial charge in [0.2, 0.25) is 0 Å². The van der Waals surface area contributed by atoms with Gasteiger partial charge in [0.05, 0.1) is 11.6 Å². The molecule has 1 rings (SSSR count). The SMILES string of the molecule is CC(=O)c1ccc(OCCCCl)c(Cl)c1. The summed E-state index contributed by atoms with van der Waals surface area (Å²) in [5.74, 6) is 1.14. The van der Waals surface area contributed by atoms with Crippen molar-refractivity contribution in [2.24, 2.45) is 0 Å². The smallest absolute Gasteiger partial charge is 0.159 e. The number of ketones is 1. The van der Waals surface area contributed by atoms with Crippen molar-refractivity contribution >= 4 is 29.0 Å². The molecule has 0 saturated carbocycles. The Hall–Kier alpha value is -0.730. The summed E-state index contributed by atoms with van der Waals surface area (Å²) in [6.45, 7) is 2.03. The first-order valence-corrected chi connectivity index (χ1v) is 5.55. The predicted octanol–water partition coefficient (Wildman–Crippen LogP) is 3.55. The van der Waals surface area contributed by atoms with Crippen molar-refractivity contribution < 1.29 is 9.53 Å². The van der Waals surface area contributed by atoms with Gasteiger partial charge in [0.15, 0.2) is 5.78 Å². The van der Waals surface area contributed by atoms with Crippen LogP contribution in [0.1, 0.15) is 23.7 Å². The standard InChI is InChI=1S/C11H12Cl2O2/c1-8(14)9-3-4-11(10(13)7-9)15-6-2-5-12/h3-4,7H,2,5-6H2,1H3. The van der Waals surface area contributed by atoms with Crippen molar-refractivity contribution in [3.63, 3.8) is 0 Å². The Balaban J connectivity index is 2.70. The molecule has 0 N–H and O–H groups in total. The number of ether oxygens (including phenoxy) is 1. The van der Waals surface area contributed by atoms with E-state index in [-0.39, 0.29) is 5.78 Å². The molecule has 0 atom stereocenters. The van der Waals surface area contributed by atoms with Crippen LogP contribution in [0, 0.1) is 0 Å². The third-order valence-corrected chi connectivity index (χ3v) is 2.44. The van der Waals surface area contributed by atoms with Gasteiger partial charge in [-0.15, -0.1) is 11.6 Å². The Morgan fingerprint density at radius 3 is 2.73 bits per heavy atom. The Morgan fingerprint density at radius 2 is 2.20 bits per heavy atom. The zero-order valence-corrected chi connectivity index (χ0v) is 9.94. The molecule has 0 aliphatic rings. The van der Waals surface area contributed by atoms with Crippen LogP contribution >= 0.6 is 23.2 Å². The number of alkyl halides is 1. The number of halogens is 2. The maximum absolute atomic E-state index is 11.1. The highest BCUT2D eigenvalue weighted by molar-refractivity contribution is 6.32. The van der Waals surface area contributed by atoms with Crippen LogP contribution in [-0.2, 0) is 0 Å². The van der Waals surface area contributed by atoms with Crippen molar-refractivity contribution in [3.05, 3.63) is 28.8 Å². The van der Waals surface area contributed by atoms with Gasteiger partial charge in [-0.2, -0.15) is 0 Å². The molecule has 0 fully saturated rings. The molecule has 2 nitrogen and oxygen atoms in total. The predicted molar refractivity (Wildman–Crippen MR) is 62.3 cm³/mol. The lowest BCUT2D eigenvalue weighted by Crippen LogP contribution is -1.99. The highest BCUT2D eigenvalue weighted by atomic mass is 35.5. The van der Waals surface area contributed by atoms with Crippen LogP contribution in [-0.4, -0.2) is 18.3 Å². The van der Waals surface area contributed by atoms with Gasteiger partial charge in [0, 0.05) is 11.4 Å². The molecule has 1 aromatic carbocycles. The van der Waals surface area contributed by atoms with Gasteiger partial charge < -0.3 is 4.74 Å². The normalized spacial score (nSPS) is 10.1. The van der Waals surface area contributed by atoms with E-state index < -0.39 is 0 Å². The summed E-state index contributed by atoms with van der Waals surface area (Å²) in [5.41, 5.74) is 0.588. The summed E-state index contributed by atoms with van der Waals surface area (Å²) < 4.78 is 5.38. The molecule has 0 heterocycles. The third-order valence-electron chi connectivity index (χ3n) is 1.87. The minimum Gasteiger partial charge on any atom is -0.492 e. The van der Waals surface area contributed by atoms with Crippen molar-refractivity contribution in [2.45, 2.75) is 13.3 Å². The minimum absolute atomic E-state index is 0.00999. The molecular formula is C11H12Cl2O2. The first-order valence-electron chi connectivity index (χ1n) is 4.64. The molecule has 0 unspecified atom stereocenters. The molecule has 0 spiro atoms. The van der Waals surface area contributed by atoms with E-state index in [1.165, 1.54) is 6.92 Å². The van der Waals surface area contributed by atoms with Gasteiger partial charge in [-0.25, -0.2) is 0 Å². The minimum atomic E-state index is -0.00999. The van der Waals surface area contributed by atoms with Gasteiger partial charge in [-0.1, -0.05) is 11.6 Å². The van der Waals surface area contributed by atoms with Crippen LogP contribution in [0.5, 0.6) is 5.75 Å². The number of Topliss-reactive ketones (excluding diaryl/α,β-unsaturated/α-hetero) is 1. The number of hydrogen-bond donors (Lipinski definition) is 0. The lowest BCUT2D eigenvalue weighted by atomic mass is 10.1. The second-order valence-corrected chi connectivity index (χ2v) is 3.88. The fraction of sp³-hybridized carbons (Fsp3) is 0.364. The fourth-order valence-corrected chi connectivity index (χ4v) is 1.42. The van der Waals surface area contributed by atoms with Gasteiger partial charge in [0.25, 0.3) is 0 Å².